The van der Waals surface area contributed by atoms with Gasteiger partial charge in [0.15, 0.2) is 0 Å². The smallest absolute Gasteiger partial charge is 0.0156 e. The predicted octanol–water partition coefficient (Wildman–Crippen LogP) is 7.32. The summed E-state index contributed by atoms with van der Waals surface area (Å²) in [5.41, 5.74) is 2.95. The first-order valence-corrected chi connectivity index (χ1v) is 9.64. The van der Waals surface area contributed by atoms with Crippen LogP contribution in [0.5, 0.6) is 0 Å². The lowest BCUT2D eigenvalue weighted by Gasteiger charge is -2.17. The Morgan fingerprint density at radius 3 is 2.12 bits per heavy atom. The molecule has 0 fully saturated rings. The molecule has 0 spiro atoms. The maximum atomic E-state index is 2.40. The fraction of sp³-hybridized carbons (Fsp3) is 0.417. The summed E-state index contributed by atoms with van der Waals surface area (Å²) in [6, 6.07) is 21.9. The second-order valence-electron chi connectivity index (χ2n) is 6.68. The Morgan fingerprint density at radius 1 is 0.750 bits per heavy atom. The van der Waals surface area contributed by atoms with Crippen LogP contribution in [0.4, 0.5) is 0 Å². The van der Waals surface area contributed by atoms with Crippen molar-refractivity contribution in [3.05, 3.63) is 83.9 Å². The topological polar surface area (TPSA) is 0 Å². The lowest BCUT2D eigenvalue weighted by molar-refractivity contribution is 0.582. The van der Waals surface area contributed by atoms with Crippen molar-refractivity contribution in [2.75, 3.05) is 0 Å². The minimum absolute atomic E-state index is 0.659. The van der Waals surface area contributed by atoms with Crippen molar-refractivity contribution in [1.29, 1.82) is 0 Å². The molecule has 1 unspecified atom stereocenters. The number of hydrogen-bond donors (Lipinski definition) is 0. The van der Waals surface area contributed by atoms with E-state index in [-0.39, 0.29) is 0 Å². The number of unbranched alkanes of at least 4 members (excludes halogenated alkanes) is 3. The van der Waals surface area contributed by atoms with Crippen molar-refractivity contribution < 1.29 is 0 Å². The highest BCUT2D eigenvalue weighted by Crippen LogP contribution is 2.27. The zero-order valence-electron chi connectivity index (χ0n) is 15.2. The van der Waals surface area contributed by atoms with E-state index < -0.39 is 0 Å². The lowest BCUT2D eigenvalue weighted by Crippen LogP contribution is -2.01. The molecule has 0 aliphatic carbocycles. The highest BCUT2D eigenvalue weighted by Gasteiger charge is 2.10. The van der Waals surface area contributed by atoms with Crippen LogP contribution in [-0.2, 0) is 6.42 Å². The van der Waals surface area contributed by atoms with Crippen molar-refractivity contribution >= 4 is 0 Å². The molecule has 0 heterocycles. The van der Waals surface area contributed by atoms with Crippen molar-refractivity contribution in [3.8, 4) is 0 Å². The molecule has 0 nitrogen and oxygen atoms in total. The molecule has 2 aromatic rings. The molecular weight excluding hydrogens is 288 g/mol. The summed E-state index contributed by atoms with van der Waals surface area (Å²) >= 11 is 0. The first-order valence-electron chi connectivity index (χ1n) is 9.64. The third kappa shape index (κ3) is 7.17. The largest absolute Gasteiger partial charge is 0.0885 e. The predicted molar refractivity (Wildman–Crippen MR) is 106 cm³/mol. The first-order chi connectivity index (χ1) is 11.9. The number of benzene rings is 2. The summed E-state index contributed by atoms with van der Waals surface area (Å²) in [5, 5.41) is 0. The summed E-state index contributed by atoms with van der Waals surface area (Å²) in [7, 11) is 0. The molecule has 2 aromatic carbocycles. The second-order valence-corrected chi connectivity index (χ2v) is 6.68. The van der Waals surface area contributed by atoms with Gasteiger partial charge < -0.3 is 0 Å². The molecule has 2 rings (SSSR count). The minimum atomic E-state index is 0.659. The van der Waals surface area contributed by atoms with E-state index in [0.29, 0.717) is 5.92 Å². The first kappa shape index (κ1) is 18.5. The molecule has 0 amide bonds. The van der Waals surface area contributed by atoms with Gasteiger partial charge in [0.2, 0.25) is 0 Å². The minimum Gasteiger partial charge on any atom is -0.0885 e. The number of aryl methyl sites for hydroxylation is 1. The third-order valence-corrected chi connectivity index (χ3v) is 4.72. The van der Waals surface area contributed by atoms with E-state index in [1.165, 1.54) is 62.5 Å². The highest BCUT2D eigenvalue weighted by atomic mass is 14.2. The van der Waals surface area contributed by atoms with Gasteiger partial charge in [0, 0.05) is 0 Å². The SMILES string of the molecule is CCCCC/C=C/CCC(CCc1ccccc1)c1ccccc1. The summed E-state index contributed by atoms with van der Waals surface area (Å²) in [6.07, 6.45) is 14.9. The summed E-state index contributed by atoms with van der Waals surface area (Å²) in [6.45, 7) is 2.26. The molecule has 0 aliphatic heterocycles. The maximum Gasteiger partial charge on any atom is -0.0156 e. The molecular formula is C24H32. The Labute approximate surface area is 148 Å². The summed E-state index contributed by atoms with van der Waals surface area (Å²) < 4.78 is 0. The molecule has 0 saturated carbocycles. The van der Waals surface area contributed by atoms with Gasteiger partial charge in [0.25, 0.3) is 0 Å². The molecule has 128 valence electrons. The van der Waals surface area contributed by atoms with Crippen molar-refractivity contribution in [3.63, 3.8) is 0 Å². The fourth-order valence-corrected chi connectivity index (χ4v) is 3.23. The molecule has 0 N–H and O–H groups in total. The molecule has 0 saturated heterocycles. The van der Waals surface area contributed by atoms with Gasteiger partial charge in [-0.3, -0.25) is 0 Å². The van der Waals surface area contributed by atoms with Gasteiger partial charge in [-0.05, 0) is 55.6 Å². The van der Waals surface area contributed by atoms with E-state index in [0.717, 1.165) is 0 Å². The fourth-order valence-electron chi connectivity index (χ4n) is 3.23. The van der Waals surface area contributed by atoms with Gasteiger partial charge in [-0.15, -0.1) is 0 Å². The van der Waals surface area contributed by atoms with E-state index >= 15 is 0 Å². The van der Waals surface area contributed by atoms with Crippen LogP contribution in [0.1, 0.15) is 68.9 Å². The van der Waals surface area contributed by atoms with Crippen LogP contribution in [0, 0.1) is 0 Å². The normalized spacial score (nSPS) is 12.5. The highest BCUT2D eigenvalue weighted by molar-refractivity contribution is 5.21. The molecule has 24 heavy (non-hydrogen) atoms. The summed E-state index contributed by atoms with van der Waals surface area (Å²) in [4.78, 5) is 0. The molecule has 0 aliphatic rings. The average molecular weight is 321 g/mol. The van der Waals surface area contributed by atoms with Gasteiger partial charge in [-0.1, -0.05) is 92.6 Å². The molecule has 1 atom stereocenters. The zero-order chi connectivity index (χ0) is 16.9. The lowest BCUT2D eigenvalue weighted by atomic mass is 9.88. The monoisotopic (exact) mass is 320 g/mol. The van der Waals surface area contributed by atoms with Gasteiger partial charge in [0.1, 0.15) is 0 Å². The standard InChI is InChI=1S/C24H32/c1-2-3-4-5-6-7-12-19-24(23-17-13-9-14-18-23)21-20-22-15-10-8-11-16-22/h6-11,13-18,24H,2-5,12,19-21H2,1H3/b7-6+. The molecule has 0 aromatic heterocycles. The Hall–Kier alpha value is -1.82. The van der Waals surface area contributed by atoms with Gasteiger partial charge >= 0.3 is 0 Å². The Bertz CT molecular complexity index is 553. The van der Waals surface area contributed by atoms with Crippen LogP contribution >= 0.6 is 0 Å². The van der Waals surface area contributed by atoms with Crippen LogP contribution in [0.3, 0.4) is 0 Å². The van der Waals surface area contributed by atoms with Crippen LogP contribution in [0.2, 0.25) is 0 Å². The van der Waals surface area contributed by atoms with Crippen LogP contribution < -0.4 is 0 Å². The van der Waals surface area contributed by atoms with Crippen LogP contribution in [0.15, 0.2) is 72.8 Å². The van der Waals surface area contributed by atoms with Crippen LogP contribution in [-0.4, -0.2) is 0 Å². The van der Waals surface area contributed by atoms with E-state index in [9.17, 15) is 0 Å². The quantitative estimate of drug-likeness (QED) is 0.300. The van der Waals surface area contributed by atoms with Crippen LogP contribution in [0.25, 0.3) is 0 Å². The van der Waals surface area contributed by atoms with Crippen molar-refractivity contribution in [1.82, 2.24) is 0 Å². The Morgan fingerprint density at radius 2 is 1.42 bits per heavy atom. The average Bonchev–Trinajstić information content (AvgIpc) is 2.65. The van der Waals surface area contributed by atoms with E-state index in [1.807, 2.05) is 0 Å². The van der Waals surface area contributed by atoms with Crippen molar-refractivity contribution in [2.45, 2.75) is 64.2 Å². The van der Waals surface area contributed by atoms with Gasteiger partial charge in [-0.2, -0.15) is 0 Å². The zero-order valence-corrected chi connectivity index (χ0v) is 15.2. The second kappa shape index (κ2) is 11.7. The number of hydrogen-bond acceptors (Lipinski definition) is 0. The number of rotatable bonds is 11. The number of allylic oxidation sites excluding steroid dienone is 2. The van der Waals surface area contributed by atoms with E-state index in [1.54, 1.807) is 0 Å². The molecule has 0 bridgehead atoms. The van der Waals surface area contributed by atoms with Crippen molar-refractivity contribution in [2.24, 2.45) is 0 Å². The summed E-state index contributed by atoms with van der Waals surface area (Å²) in [5.74, 6) is 0.659. The third-order valence-electron chi connectivity index (χ3n) is 4.72. The molecule has 0 heteroatoms. The molecule has 0 radical (unpaired) electrons. The van der Waals surface area contributed by atoms with E-state index in [2.05, 4.69) is 79.7 Å². The Kier molecular flexibility index (Phi) is 9.01. The Balaban J connectivity index is 1.84. The maximum absolute atomic E-state index is 2.40. The van der Waals surface area contributed by atoms with Gasteiger partial charge in [-0.25, -0.2) is 0 Å². The van der Waals surface area contributed by atoms with E-state index in [4.69, 9.17) is 0 Å². The van der Waals surface area contributed by atoms with Gasteiger partial charge in [0.05, 0.1) is 0 Å².